The maximum atomic E-state index is 12.1. The summed E-state index contributed by atoms with van der Waals surface area (Å²) in [7, 11) is -3.50. The quantitative estimate of drug-likeness (QED) is 0.542. The third kappa shape index (κ3) is 5.47. The zero-order valence-corrected chi connectivity index (χ0v) is 14.8. The molecule has 2 atom stereocenters. The van der Waals surface area contributed by atoms with E-state index in [9.17, 15) is 13.2 Å². The van der Waals surface area contributed by atoms with Gasteiger partial charge in [-0.3, -0.25) is 4.18 Å². The first-order valence-corrected chi connectivity index (χ1v) is 9.80. The van der Waals surface area contributed by atoms with Crippen LogP contribution in [0.2, 0.25) is 0 Å². The normalized spacial score (nSPS) is 19.8. The fourth-order valence-electron chi connectivity index (χ4n) is 2.70. The van der Waals surface area contributed by atoms with Crippen LogP contribution in [-0.4, -0.2) is 46.6 Å². The van der Waals surface area contributed by atoms with Gasteiger partial charge in [0.15, 0.2) is 0 Å². The summed E-state index contributed by atoms with van der Waals surface area (Å²) in [5.74, 6) is 0. The van der Waals surface area contributed by atoms with Gasteiger partial charge in [0.05, 0.1) is 25.0 Å². The van der Waals surface area contributed by atoms with E-state index in [2.05, 4.69) is 14.8 Å². The fourth-order valence-corrected chi connectivity index (χ4v) is 3.09. The van der Waals surface area contributed by atoms with Crippen molar-refractivity contribution in [2.24, 2.45) is 0 Å². The zero-order valence-electron chi connectivity index (χ0n) is 13.9. The molecule has 0 bridgehead atoms. The molecule has 2 rings (SSSR count). The molecule has 1 aliphatic carbocycles. The Morgan fingerprint density at radius 1 is 1.29 bits per heavy atom. The molecule has 0 fully saturated rings. The van der Waals surface area contributed by atoms with Crippen LogP contribution in [0.3, 0.4) is 0 Å². The molecule has 8 heteroatoms. The minimum absolute atomic E-state index is 0.0940. The molecule has 0 saturated carbocycles. The van der Waals surface area contributed by atoms with Gasteiger partial charge in [0.1, 0.15) is 0 Å². The maximum absolute atomic E-state index is 12.1. The van der Waals surface area contributed by atoms with Crippen molar-refractivity contribution in [1.82, 2.24) is 10.6 Å². The molecule has 1 aromatic carbocycles. The number of hydrogen-bond donors (Lipinski definition) is 2. The smallest absolute Gasteiger partial charge is 0.315 e. The van der Waals surface area contributed by atoms with Crippen LogP contribution in [0.5, 0.6) is 0 Å². The van der Waals surface area contributed by atoms with Crippen LogP contribution in [0, 0.1) is 0 Å². The van der Waals surface area contributed by atoms with Crippen LogP contribution in [0.25, 0.3) is 0 Å². The number of nitrogens with one attached hydrogen (secondary N) is 2. The molecule has 2 unspecified atom stereocenters. The Hall–Kier alpha value is -1.64. The Morgan fingerprint density at radius 2 is 2.04 bits per heavy atom. The molecule has 24 heavy (non-hydrogen) atoms. The van der Waals surface area contributed by atoms with Crippen molar-refractivity contribution < 1.29 is 22.1 Å². The van der Waals surface area contributed by atoms with Gasteiger partial charge in [0.25, 0.3) is 10.1 Å². The standard InChI is InChI=1S/C16H24N2O5S/c1-3-9-22-14-11-12-6-4-5-7-13(12)15(14)18-16(19)17-8-10-23-24(2,20)21/h4-7,14-15H,3,8-11H2,1-2H3,(H2,17,18,19). The fraction of sp³-hybridized carbons (Fsp3) is 0.562. The Kier molecular flexibility index (Phi) is 6.59. The number of ether oxygens (including phenoxy) is 1. The largest absolute Gasteiger partial charge is 0.375 e. The summed E-state index contributed by atoms with van der Waals surface area (Å²) in [6, 6.07) is 7.34. The minimum atomic E-state index is -3.50. The number of carbonyl (C=O) groups excluding carboxylic acids is 1. The molecule has 7 nitrogen and oxygen atoms in total. The summed E-state index contributed by atoms with van der Waals surface area (Å²) in [5.41, 5.74) is 2.23. The number of urea groups is 1. The molecule has 2 amide bonds. The highest BCUT2D eigenvalue weighted by atomic mass is 32.2. The first-order valence-electron chi connectivity index (χ1n) is 7.99. The summed E-state index contributed by atoms with van der Waals surface area (Å²) in [6.07, 6.45) is 2.55. The minimum Gasteiger partial charge on any atom is -0.375 e. The van der Waals surface area contributed by atoms with Crippen LogP contribution < -0.4 is 10.6 Å². The number of amides is 2. The number of carbonyl (C=O) groups is 1. The molecular weight excluding hydrogens is 332 g/mol. The molecular formula is C16H24N2O5S. The molecule has 134 valence electrons. The first kappa shape index (κ1) is 18.7. The van der Waals surface area contributed by atoms with Gasteiger partial charge in [0.2, 0.25) is 0 Å². The van der Waals surface area contributed by atoms with Gasteiger partial charge in [-0.25, -0.2) is 4.79 Å². The van der Waals surface area contributed by atoms with Crippen molar-refractivity contribution in [3.8, 4) is 0 Å². The number of rotatable bonds is 8. The lowest BCUT2D eigenvalue weighted by Gasteiger charge is -2.22. The van der Waals surface area contributed by atoms with Gasteiger partial charge in [0, 0.05) is 19.6 Å². The highest BCUT2D eigenvalue weighted by Crippen LogP contribution is 2.33. The van der Waals surface area contributed by atoms with Crippen molar-refractivity contribution in [1.29, 1.82) is 0 Å². The Labute approximate surface area is 142 Å². The van der Waals surface area contributed by atoms with Gasteiger partial charge < -0.3 is 15.4 Å². The summed E-state index contributed by atoms with van der Waals surface area (Å²) in [4.78, 5) is 12.1. The predicted octanol–water partition coefficient (Wildman–Crippen LogP) is 1.35. The first-order chi connectivity index (χ1) is 11.4. The topological polar surface area (TPSA) is 93.7 Å². The number of fused-ring (bicyclic) bond motifs is 1. The van der Waals surface area contributed by atoms with Crippen LogP contribution in [0.15, 0.2) is 24.3 Å². The molecule has 0 aromatic heterocycles. The molecule has 1 aromatic rings. The van der Waals surface area contributed by atoms with Crippen molar-refractivity contribution in [3.63, 3.8) is 0 Å². The second kappa shape index (κ2) is 8.46. The third-order valence-corrected chi connectivity index (χ3v) is 4.29. The highest BCUT2D eigenvalue weighted by molar-refractivity contribution is 7.85. The summed E-state index contributed by atoms with van der Waals surface area (Å²) < 4.78 is 32.2. The zero-order chi connectivity index (χ0) is 17.6. The highest BCUT2D eigenvalue weighted by Gasteiger charge is 2.33. The van der Waals surface area contributed by atoms with E-state index in [4.69, 9.17) is 4.74 Å². The number of hydrogen-bond acceptors (Lipinski definition) is 5. The second-order valence-corrected chi connectivity index (χ2v) is 7.36. The summed E-state index contributed by atoms with van der Waals surface area (Å²) >= 11 is 0. The molecule has 2 N–H and O–H groups in total. The maximum Gasteiger partial charge on any atom is 0.315 e. The molecule has 1 aliphatic rings. The molecule has 0 radical (unpaired) electrons. The SMILES string of the molecule is CCCOC1Cc2ccccc2C1NC(=O)NCCOS(C)(=O)=O. The van der Waals surface area contributed by atoms with Gasteiger partial charge in [-0.2, -0.15) is 8.42 Å². The van der Waals surface area contributed by atoms with Crippen molar-refractivity contribution in [2.45, 2.75) is 31.9 Å². The van der Waals surface area contributed by atoms with Crippen molar-refractivity contribution in [2.75, 3.05) is 26.0 Å². The van der Waals surface area contributed by atoms with E-state index < -0.39 is 10.1 Å². The van der Waals surface area contributed by atoms with E-state index in [0.29, 0.717) is 6.61 Å². The van der Waals surface area contributed by atoms with Crippen molar-refractivity contribution >= 4 is 16.1 Å². The Bertz CT molecular complexity index is 662. The van der Waals surface area contributed by atoms with Crippen LogP contribution in [0.4, 0.5) is 4.79 Å². The van der Waals surface area contributed by atoms with Gasteiger partial charge in [-0.1, -0.05) is 31.2 Å². The molecule has 0 aliphatic heterocycles. The van der Waals surface area contributed by atoms with Gasteiger partial charge >= 0.3 is 6.03 Å². The average Bonchev–Trinajstić information content (AvgIpc) is 2.86. The number of benzene rings is 1. The van der Waals surface area contributed by atoms with E-state index >= 15 is 0 Å². The van der Waals surface area contributed by atoms with Gasteiger partial charge in [-0.15, -0.1) is 0 Å². The predicted molar refractivity (Wildman–Crippen MR) is 90.2 cm³/mol. The van der Waals surface area contributed by atoms with E-state index in [-0.39, 0.29) is 31.3 Å². The Morgan fingerprint density at radius 3 is 2.75 bits per heavy atom. The molecule has 0 heterocycles. The monoisotopic (exact) mass is 356 g/mol. The van der Waals surface area contributed by atoms with E-state index in [1.807, 2.05) is 31.2 Å². The molecule has 0 saturated heterocycles. The van der Waals surface area contributed by atoms with Gasteiger partial charge in [-0.05, 0) is 17.5 Å². The average molecular weight is 356 g/mol. The lowest BCUT2D eigenvalue weighted by molar-refractivity contribution is 0.0375. The third-order valence-electron chi connectivity index (χ3n) is 3.69. The Balaban J connectivity index is 1.91. The van der Waals surface area contributed by atoms with E-state index in [0.717, 1.165) is 24.7 Å². The van der Waals surface area contributed by atoms with Crippen LogP contribution in [-0.2, 0) is 25.5 Å². The van der Waals surface area contributed by atoms with E-state index in [1.54, 1.807) is 0 Å². The van der Waals surface area contributed by atoms with Crippen molar-refractivity contribution in [3.05, 3.63) is 35.4 Å². The summed E-state index contributed by atoms with van der Waals surface area (Å²) in [5, 5.41) is 5.51. The van der Waals surface area contributed by atoms with Crippen LogP contribution in [0.1, 0.15) is 30.5 Å². The summed E-state index contributed by atoms with van der Waals surface area (Å²) in [6.45, 7) is 2.69. The lowest BCUT2D eigenvalue weighted by Crippen LogP contribution is -2.42. The van der Waals surface area contributed by atoms with Crippen LogP contribution >= 0.6 is 0 Å². The van der Waals surface area contributed by atoms with E-state index in [1.165, 1.54) is 5.56 Å². The second-order valence-electron chi connectivity index (χ2n) is 5.72. The molecule has 0 spiro atoms. The lowest BCUT2D eigenvalue weighted by atomic mass is 10.1.